The third kappa shape index (κ3) is 4.47. The van der Waals surface area contributed by atoms with Crippen molar-refractivity contribution in [2.45, 2.75) is 33.1 Å². The van der Waals surface area contributed by atoms with Crippen molar-refractivity contribution in [2.75, 3.05) is 11.9 Å². The summed E-state index contributed by atoms with van der Waals surface area (Å²) < 4.78 is 52.7. The molecule has 0 aliphatic heterocycles. The van der Waals surface area contributed by atoms with E-state index < -0.39 is 23.8 Å². The quantitative estimate of drug-likeness (QED) is 0.647. The van der Waals surface area contributed by atoms with Crippen LogP contribution in [-0.4, -0.2) is 33.4 Å². The van der Waals surface area contributed by atoms with Gasteiger partial charge in [0, 0.05) is 18.8 Å². The van der Waals surface area contributed by atoms with Crippen molar-refractivity contribution in [3.63, 3.8) is 0 Å². The smallest absolute Gasteiger partial charge is 0.417 e. The van der Waals surface area contributed by atoms with E-state index in [1.54, 1.807) is 24.3 Å². The van der Waals surface area contributed by atoms with Gasteiger partial charge in [-0.25, -0.2) is 0 Å². The van der Waals surface area contributed by atoms with Crippen LogP contribution in [-0.2, 0) is 18.0 Å². The van der Waals surface area contributed by atoms with E-state index in [2.05, 4.69) is 15.4 Å². The minimum Gasteiger partial charge on any atom is -0.494 e. The Hall–Kier alpha value is -3.30. The Bertz CT molecular complexity index is 1060. The second-order valence-corrected chi connectivity index (χ2v) is 6.62. The van der Waals surface area contributed by atoms with E-state index in [0.717, 1.165) is 6.07 Å². The summed E-state index contributed by atoms with van der Waals surface area (Å²) in [5, 5.41) is 6.55. The number of halogens is 3. The number of amides is 1. The number of rotatable bonds is 6. The molecule has 10 heteroatoms. The normalized spacial score (nSPS) is 12.6. The van der Waals surface area contributed by atoms with Crippen molar-refractivity contribution < 1.29 is 27.4 Å². The molecular weight excluding hydrogens is 401 g/mol. The van der Waals surface area contributed by atoms with E-state index in [1.165, 1.54) is 25.6 Å². The standard InChI is InChI=1S/C20H21F3N4O3/c1-5-29-14-8-6-13(7-9-14)24-19(28)12(3)30-16-10-15(20(21,22)23)17-11(2)26-27(4)18(17)25-16/h6-10,12H,5H2,1-4H3,(H,24,28)/t12-/m0/s1. The molecule has 0 saturated heterocycles. The van der Waals surface area contributed by atoms with E-state index in [0.29, 0.717) is 18.0 Å². The molecule has 1 atom stereocenters. The maximum Gasteiger partial charge on any atom is 0.417 e. The van der Waals surface area contributed by atoms with Crippen molar-refractivity contribution in [1.29, 1.82) is 0 Å². The Morgan fingerprint density at radius 2 is 1.93 bits per heavy atom. The number of benzene rings is 1. The number of pyridine rings is 1. The van der Waals surface area contributed by atoms with E-state index in [1.807, 2.05) is 6.92 Å². The predicted molar refractivity (Wildman–Crippen MR) is 105 cm³/mol. The first kappa shape index (κ1) is 21.4. The van der Waals surface area contributed by atoms with Crippen LogP contribution in [0.15, 0.2) is 30.3 Å². The Labute approximate surface area is 170 Å². The first-order valence-corrected chi connectivity index (χ1v) is 9.22. The molecule has 0 saturated carbocycles. The van der Waals surface area contributed by atoms with Crippen LogP contribution in [0.1, 0.15) is 25.1 Å². The molecule has 1 N–H and O–H groups in total. The van der Waals surface area contributed by atoms with Crippen LogP contribution < -0.4 is 14.8 Å². The number of anilines is 1. The summed E-state index contributed by atoms with van der Waals surface area (Å²) in [7, 11) is 1.49. The number of alkyl halides is 3. The van der Waals surface area contributed by atoms with Crippen molar-refractivity contribution in [3.05, 3.63) is 41.6 Å². The Kier molecular flexibility index (Phi) is 5.86. The van der Waals surface area contributed by atoms with Gasteiger partial charge in [-0.2, -0.15) is 23.3 Å². The molecular formula is C20H21F3N4O3. The number of carbonyl (C=O) groups excluding carboxylic acids is 1. The number of aryl methyl sites for hydroxylation is 2. The van der Waals surface area contributed by atoms with E-state index in [4.69, 9.17) is 9.47 Å². The highest BCUT2D eigenvalue weighted by molar-refractivity contribution is 5.94. The molecule has 0 radical (unpaired) electrons. The second-order valence-electron chi connectivity index (χ2n) is 6.62. The SMILES string of the molecule is CCOc1ccc(NC(=O)[C@H](C)Oc2cc(C(F)(F)F)c3c(C)nn(C)c3n2)cc1. The summed E-state index contributed by atoms with van der Waals surface area (Å²) in [6.45, 7) is 5.28. The molecule has 1 aromatic carbocycles. The van der Waals surface area contributed by atoms with Gasteiger partial charge in [0.1, 0.15) is 5.75 Å². The predicted octanol–water partition coefficient (Wildman–Crippen LogP) is 4.10. The average molecular weight is 422 g/mol. The number of ether oxygens (including phenoxy) is 2. The van der Waals surface area contributed by atoms with Gasteiger partial charge in [0.05, 0.1) is 23.3 Å². The highest BCUT2D eigenvalue weighted by atomic mass is 19.4. The fourth-order valence-electron chi connectivity index (χ4n) is 2.99. The number of nitrogens with one attached hydrogen (secondary N) is 1. The molecule has 0 unspecified atom stereocenters. The van der Waals surface area contributed by atoms with Gasteiger partial charge < -0.3 is 14.8 Å². The summed E-state index contributed by atoms with van der Waals surface area (Å²) in [6.07, 6.45) is -5.71. The fraction of sp³-hybridized carbons (Fsp3) is 0.350. The van der Waals surface area contributed by atoms with Gasteiger partial charge in [0.2, 0.25) is 5.88 Å². The van der Waals surface area contributed by atoms with Crippen LogP contribution >= 0.6 is 0 Å². The lowest BCUT2D eigenvalue weighted by atomic mass is 10.1. The Morgan fingerprint density at radius 1 is 1.27 bits per heavy atom. The minimum absolute atomic E-state index is 0.0245. The van der Waals surface area contributed by atoms with Gasteiger partial charge in [-0.3, -0.25) is 9.48 Å². The molecule has 0 aliphatic rings. The molecule has 7 nitrogen and oxygen atoms in total. The van der Waals surface area contributed by atoms with Crippen LogP contribution in [0.25, 0.3) is 11.0 Å². The van der Waals surface area contributed by atoms with Crippen LogP contribution in [0.4, 0.5) is 18.9 Å². The molecule has 2 aromatic heterocycles. The van der Waals surface area contributed by atoms with Crippen molar-refractivity contribution in [1.82, 2.24) is 14.8 Å². The third-order valence-electron chi connectivity index (χ3n) is 4.35. The topological polar surface area (TPSA) is 78.3 Å². The number of carbonyl (C=O) groups is 1. The molecule has 2 heterocycles. The lowest BCUT2D eigenvalue weighted by Crippen LogP contribution is -2.30. The van der Waals surface area contributed by atoms with Gasteiger partial charge in [0.25, 0.3) is 5.91 Å². The van der Waals surface area contributed by atoms with Crippen LogP contribution in [0.5, 0.6) is 11.6 Å². The average Bonchev–Trinajstić information content (AvgIpc) is 2.96. The number of nitrogens with zero attached hydrogens (tertiary/aromatic N) is 3. The molecule has 3 rings (SSSR count). The largest absolute Gasteiger partial charge is 0.494 e. The molecule has 0 bridgehead atoms. The fourth-order valence-corrected chi connectivity index (χ4v) is 2.99. The van der Waals surface area contributed by atoms with Crippen LogP contribution in [0, 0.1) is 6.92 Å². The number of hydrogen-bond acceptors (Lipinski definition) is 5. The van der Waals surface area contributed by atoms with Crippen LogP contribution in [0.2, 0.25) is 0 Å². The van der Waals surface area contributed by atoms with Gasteiger partial charge in [0.15, 0.2) is 11.8 Å². The summed E-state index contributed by atoms with van der Waals surface area (Å²) in [4.78, 5) is 16.5. The van der Waals surface area contributed by atoms with Crippen LogP contribution in [0.3, 0.4) is 0 Å². The van der Waals surface area contributed by atoms with Gasteiger partial charge >= 0.3 is 6.18 Å². The number of hydrogen-bond donors (Lipinski definition) is 1. The molecule has 30 heavy (non-hydrogen) atoms. The molecule has 1 amide bonds. The lowest BCUT2D eigenvalue weighted by Gasteiger charge is -2.16. The van der Waals surface area contributed by atoms with Crippen molar-refractivity contribution in [2.24, 2.45) is 7.05 Å². The molecule has 160 valence electrons. The zero-order valence-corrected chi connectivity index (χ0v) is 16.9. The van der Waals surface area contributed by atoms with E-state index in [9.17, 15) is 18.0 Å². The molecule has 0 fully saturated rings. The highest BCUT2D eigenvalue weighted by Crippen LogP contribution is 2.37. The van der Waals surface area contributed by atoms with Crippen molar-refractivity contribution in [3.8, 4) is 11.6 Å². The third-order valence-corrected chi connectivity index (χ3v) is 4.35. The van der Waals surface area contributed by atoms with Gasteiger partial charge in [-0.15, -0.1) is 0 Å². The van der Waals surface area contributed by atoms with Crippen molar-refractivity contribution >= 4 is 22.6 Å². The number of fused-ring (bicyclic) bond motifs is 1. The first-order chi connectivity index (χ1) is 14.1. The maximum absolute atomic E-state index is 13.5. The molecule has 3 aromatic rings. The molecule has 0 aliphatic carbocycles. The van der Waals surface area contributed by atoms with E-state index >= 15 is 0 Å². The second kappa shape index (κ2) is 8.21. The zero-order chi connectivity index (χ0) is 22.1. The summed E-state index contributed by atoms with van der Waals surface area (Å²) in [5.74, 6) is -0.188. The summed E-state index contributed by atoms with van der Waals surface area (Å²) >= 11 is 0. The highest BCUT2D eigenvalue weighted by Gasteiger charge is 2.36. The van der Waals surface area contributed by atoms with Gasteiger partial charge in [-0.1, -0.05) is 0 Å². The Balaban J connectivity index is 1.81. The monoisotopic (exact) mass is 422 g/mol. The Morgan fingerprint density at radius 3 is 2.53 bits per heavy atom. The van der Waals surface area contributed by atoms with E-state index in [-0.39, 0.29) is 22.6 Å². The maximum atomic E-state index is 13.5. The summed E-state index contributed by atoms with van der Waals surface area (Å²) in [6, 6.07) is 7.48. The lowest BCUT2D eigenvalue weighted by molar-refractivity contribution is -0.136. The summed E-state index contributed by atoms with van der Waals surface area (Å²) in [5.41, 5.74) is -0.176. The first-order valence-electron chi connectivity index (χ1n) is 9.22. The zero-order valence-electron chi connectivity index (χ0n) is 16.9. The number of aromatic nitrogens is 3. The molecule has 0 spiro atoms. The van der Waals surface area contributed by atoms with Gasteiger partial charge in [-0.05, 0) is 45.0 Å². The minimum atomic E-state index is -4.62.